The van der Waals surface area contributed by atoms with E-state index in [0.29, 0.717) is 19.4 Å². The number of aromatic nitrogens is 2. The zero-order valence-electron chi connectivity index (χ0n) is 11.8. The summed E-state index contributed by atoms with van der Waals surface area (Å²) in [7, 11) is 1.78. The Bertz CT molecular complexity index is 649. The zero-order chi connectivity index (χ0) is 15.0. The van der Waals surface area contributed by atoms with Crippen LogP contribution in [-0.4, -0.2) is 43.9 Å². The Kier molecular flexibility index (Phi) is 3.88. The van der Waals surface area contributed by atoms with Crippen LogP contribution in [0, 0.1) is 5.92 Å². The minimum atomic E-state index is -0.565. The fraction of sp³-hybridized carbons (Fsp3) is 0.500. The molecule has 1 fully saturated rings. The molecule has 1 amide bonds. The number of hydrogen-bond donors (Lipinski definition) is 2. The van der Waals surface area contributed by atoms with Crippen molar-refractivity contribution in [3.8, 4) is 0 Å². The number of carbonyl (C=O) groups is 1. The molecule has 1 heterocycles. The van der Waals surface area contributed by atoms with Crippen LogP contribution >= 0.6 is 11.7 Å². The maximum absolute atomic E-state index is 12.4. The first-order chi connectivity index (χ1) is 10.0. The second-order valence-electron chi connectivity index (χ2n) is 5.68. The number of nitrogens with zero attached hydrogens (tertiary/aromatic N) is 3. The highest BCUT2D eigenvalue weighted by atomic mass is 32.1. The number of fused-ring (bicyclic) bond motifs is 1. The zero-order valence-corrected chi connectivity index (χ0v) is 12.6. The molecule has 21 heavy (non-hydrogen) atoms. The van der Waals surface area contributed by atoms with Gasteiger partial charge in [0.05, 0.1) is 17.8 Å². The topological polar surface area (TPSA) is 92.3 Å². The molecule has 1 aromatic heterocycles. The summed E-state index contributed by atoms with van der Waals surface area (Å²) in [6.45, 7) is 0.522. The van der Waals surface area contributed by atoms with Gasteiger partial charge in [0, 0.05) is 25.6 Å². The van der Waals surface area contributed by atoms with Crippen LogP contribution in [0.5, 0.6) is 0 Å². The van der Waals surface area contributed by atoms with E-state index in [1.165, 1.54) is 11.7 Å². The molecule has 0 saturated heterocycles. The minimum absolute atomic E-state index is 0.0403. The highest BCUT2D eigenvalue weighted by Crippen LogP contribution is 2.27. The summed E-state index contributed by atoms with van der Waals surface area (Å²) in [5, 5.41) is 9.67. The third kappa shape index (κ3) is 2.90. The summed E-state index contributed by atoms with van der Waals surface area (Å²) >= 11 is 1.19. The molecule has 0 aliphatic heterocycles. The Balaban J connectivity index is 1.67. The van der Waals surface area contributed by atoms with Gasteiger partial charge in [0.15, 0.2) is 0 Å². The summed E-state index contributed by atoms with van der Waals surface area (Å²) in [4.78, 5) is 14.1. The Morgan fingerprint density at radius 3 is 2.90 bits per heavy atom. The average molecular weight is 306 g/mol. The maximum atomic E-state index is 12.4. The molecule has 1 saturated carbocycles. The number of aliphatic hydroxyl groups is 1. The number of nitrogens with two attached hydrogens (primary N) is 1. The molecule has 3 atom stereocenters. The van der Waals surface area contributed by atoms with Crippen LogP contribution in [0.4, 0.5) is 0 Å². The number of carbonyl (C=O) groups excluding carboxylic acids is 1. The van der Waals surface area contributed by atoms with Gasteiger partial charge in [-0.3, -0.25) is 4.79 Å². The van der Waals surface area contributed by atoms with E-state index in [1.807, 2.05) is 18.2 Å². The summed E-state index contributed by atoms with van der Waals surface area (Å²) in [6.07, 6.45) is 0.448. The number of amides is 1. The van der Waals surface area contributed by atoms with Crippen molar-refractivity contribution < 1.29 is 9.90 Å². The molecular formula is C14H18N4O2S. The van der Waals surface area contributed by atoms with Gasteiger partial charge in [-0.15, -0.1) is 0 Å². The van der Waals surface area contributed by atoms with Gasteiger partial charge >= 0.3 is 0 Å². The Labute approximate surface area is 126 Å². The smallest absolute Gasteiger partial charge is 0.225 e. The van der Waals surface area contributed by atoms with E-state index in [1.54, 1.807) is 11.9 Å². The van der Waals surface area contributed by atoms with Crippen LogP contribution in [-0.2, 0) is 11.3 Å². The van der Waals surface area contributed by atoms with Crippen molar-refractivity contribution in [1.29, 1.82) is 0 Å². The fourth-order valence-electron chi connectivity index (χ4n) is 2.84. The van der Waals surface area contributed by atoms with Crippen LogP contribution in [0.1, 0.15) is 18.4 Å². The van der Waals surface area contributed by atoms with E-state index in [2.05, 4.69) is 8.75 Å². The average Bonchev–Trinajstić information content (AvgIpc) is 3.04. The standard InChI is InChI=1S/C14H18N4O2S/c1-18(14(20)9-5-10(15)13(19)6-9)7-8-2-3-11-12(4-8)17-21-16-11/h2-4,9-10,13,19H,5-7,15H2,1H3/t9-,10+,13+/m0/s1. The molecule has 2 aromatic rings. The molecule has 6 nitrogen and oxygen atoms in total. The number of benzene rings is 1. The molecule has 3 N–H and O–H groups in total. The summed E-state index contributed by atoms with van der Waals surface area (Å²) < 4.78 is 8.37. The largest absolute Gasteiger partial charge is 0.391 e. The predicted octanol–water partition coefficient (Wildman–Crippen LogP) is 0.748. The monoisotopic (exact) mass is 306 g/mol. The van der Waals surface area contributed by atoms with E-state index in [0.717, 1.165) is 16.6 Å². The molecule has 3 rings (SSSR count). The molecule has 0 radical (unpaired) electrons. The number of hydrogen-bond acceptors (Lipinski definition) is 6. The second kappa shape index (κ2) is 5.67. The van der Waals surface area contributed by atoms with Crippen molar-refractivity contribution in [3.05, 3.63) is 23.8 Å². The summed E-state index contributed by atoms with van der Waals surface area (Å²) in [5.74, 6) is -0.136. The molecule has 112 valence electrons. The highest BCUT2D eigenvalue weighted by molar-refractivity contribution is 7.00. The third-order valence-corrected chi connectivity index (χ3v) is 4.60. The van der Waals surface area contributed by atoms with Crippen molar-refractivity contribution in [2.45, 2.75) is 31.5 Å². The lowest BCUT2D eigenvalue weighted by Gasteiger charge is -2.21. The van der Waals surface area contributed by atoms with E-state index in [9.17, 15) is 9.90 Å². The maximum Gasteiger partial charge on any atom is 0.225 e. The first kappa shape index (κ1) is 14.4. The van der Waals surface area contributed by atoms with Gasteiger partial charge in [-0.05, 0) is 30.5 Å². The quantitative estimate of drug-likeness (QED) is 0.873. The molecular weight excluding hydrogens is 288 g/mol. The lowest BCUT2D eigenvalue weighted by Crippen LogP contribution is -2.32. The van der Waals surface area contributed by atoms with Crippen LogP contribution in [0.3, 0.4) is 0 Å². The third-order valence-electron chi connectivity index (χ3n) is 4.04. The first-order valence-corrected chi connectivity index (χ1v) is 7.67. The van der Waals surface area contributed by atoms with Crippen LogP contribution in [0.25, 0.3) is 11.0 Å². The van der Waals surface area contributed by atoms with Crippen molar-refractivity contribution in [2.24, 2.45) is 11.7 Å². The molecule has 1 aromatic carbocycles. The fourth-order valence-corrected chi connectivity index (χ4v) is 3.36. The lowest BCUT2D eigenvalue weighted by molar-refractivity contribution is -0.134. The van der Waals surface area contributed by atoms with E-state index < -0.39 is 6.10 Å². The molecule has 1 aliphatic rings. The number of rotatable bonds is 3. The molecule has 7 heteroatoms. The van der Waals surface area contributed by atoms with E-state index in [-0.39, 0.29) is 17.9 Å². The van der Waals surface area contributed by atoms with Gasteiger partial charge in [0.2, 0.25) is 5.91 Å². The minimum Gasteiger partial charge on any atom is -0.391 e. The van der Waals surface area contributed by atoms with Gasteiger partial charge in [-0.1, -0.05) is 6.07 Å². The Morgan fingerprint density at radius 2 is 2.19 bits per heavy atom. The van der Waals surface area contributed by atoms with Crippen molar-refractivity contribution in [2.75, 3.05) is 7.05 Å². The summed E-state index contributed by atoms with van der Waals surface area (Å²) in [5.41, 5.74) is 8.53. The molecule has 0 unspecified atom stereocenters. The van der Waals surface area contributed by atoms with Crippen molar-refractivity contribution in [1.82, 2.24) is 13.6 Å². The van der Waals surface area contributed by atoms with Crippen molar-refractivity contribution >= 4 is 28.7 Å². The lowest BCUT2D eigenvalue weighted by atomic mass is 10.1. The Morgan fingerprint density at radius 1 is 1.43 bits per heavy atom. The van der Waals surface area contributed by atoms with Gasteiger partial charge in [0.1, 0.15) is 11.0 Å². The second-order valence-corrected chi connectivity index (χ2v) is 6.21. The van der Waals surface area contributed by atoms with Crippen molar-refractivity contribution in [3.63, 3.8) is 0 Å². The first-order valence-electron chi connectivity index (χ1n) is 6.94. The normalized spacial score (nSPS) is 25.4. The number of aliphatic hydroxyl groups excluding tert-OH is 1. The molecule has 0 bridgehead atoms. The van der Waals surface area contributed by atoms with Gasteiger partial charge in [-0.2, -0.15) is 8.75 Å². The predicted molar refractivity (Wildman–Crippen MR) is 80.6 cm³/mol. The SMILES string of the molecule is CN(Cc1ccc2nsnc2c1)C(=O)[C@H]1C[C@@H](N)[C@H](O)C1. The van der Waals surface area contributed by atoms with Gasteiger partial charge in [-0.25, -0.2) is 0 Å². The van der Waals surface area contributed by atoms with Crippen LogP contribution < -0.4 is 5.73 Å². The Hall–Kier alpha value is -1.57. The van der Waals surface area contributed by atoms with Gasteiger partial charge in [0.25, 0.3) is 0 Å². The van der Waals surface area contributed by atoms with E-state index >= 15 is 0 Å². The summed E-state index contributed by atoms with van der Waals surface area (Å²) in [6, 6.07) is 5.55. The molecule has 1 aliphatic carbocycles. The van der Waals surface area contributed by atoms with E-state index in [4.69, 9.17) is 5.73 Å². The van der Waals surface area contributed by atoms with Gasteiger partial charge < -0.3 is 15.7 Å². The van der Waals surface area contributed by atoms with Crippen LogP contribution in [0.2, 0.25) is 0 Å². The highest BCUT2D eigenvalue weighted by Gasteiger charge is 2.35. The van der Waals surface area contributed by atoms with Crippen LogP contribution in [0.15, 0.2) is 18.2 Å². The molecule has 0 spiro atoms.